The summed E-state index contributed by atoms with van der Waals surface area (Å²) in [7, 11) is -3.99. The van der Waals surface area contributed by atoms with Crippen molar-refractivity contribution in [2.75, 3.05) is 25.4 Å². The molecule has 0 aliphatic heterocycles. The van der Waals surface area contributed by atoms with Crippen LogP contribution in [0.25, 0.3) is 0 Å². The van der Waals surface area contributed by atoms with Crippen LogP contribution in [0.5, 0.6) is 0 Å². The van der Waals surface area contributed by atoms with Crippen LogP contribution in [-0.2, 0) is 10.1 Å². The first-order valence-electron chi connectivity index (χ1n) is 8.66. The Morgan fingerprint density at radius 3 is 1.41 bits per heavy atom. The Bertz CT molecular complexity index is 301. The predicted octanol–water partition coefficient (Wildman–Crippen LogP) is 3.33. The highest BCUT2D eigenvalue weighted by Crippen LogP contribution is 2.01. The topological polar surface area (TPSA) is 77.8 Å². The molecular formula is C16H37NO4S. The molecule has 1 unspecified atom stereocenters. The molecule has 0 aromatic heterocycles. The Kier molecular flexibility index (Phi) is 17.2. The summed E-state index contributed by atoms with van der Waals surface area (Å²) >= 11 is 0. The molecule has 0 saturated carbocycles. The van der Waals surface area contributed by atoms with Gasteiger partial charge in [-0.2, -0.15) is 8.42 Å². The molecule has 0 aromatic rings. The average molecular weight is 340 g/mol. The minimum absolute atomic E-state index is 0.333. The molecule has 0 aliphatic rings. The van der Waals surface area contributed by atoms with E-state index < -0.39 is 22.0 Å². The van der Waals surface area contributed by atoms with Crippen LogP contribution in [-0.4, -0.2) is 54.5 Å². The number of nitrogens with zero attached hydrogens (tertiary/aromatic N) is 1. The zero-order valence-corrected chi connectivity index (χ0v) is 15.7. The van der Waals surface area contributed by atoms with Gasteiger partial charge < -0.3 is 10.0 Å². The molecule has 2 N–H and O–H groups in total. The Hall–Kier alpha value is -0.170. The van der Waals surface area contributed by atoms with Gasteiger partial charge in [-0.15, -0.1) is 0 Å². The Morgan fingerprint density at radius 2 is 1.23 bits per heavy atom. The highest BCUT2D eigenvalue weighted by atomic mass is 32.2. The van der Waals surface area contributed by atoms with Crippen molar-refractivity contribution in [2.45, 2.75) is 78.7 Å². The van der Waals surface area contributed by atoms with Gasteiger partial charge in [-0.3, -0.25) is 4.55 Å². The lowest BCUT2D eigenvalue weighted by molar-refractivity contribution is 0.190. The van der Waals surface area contributed by atoms with E-state index >= 15 is 0 Å². The number of hydrogen-bond acceptors (Lipinski definition) is 4. The average Bonchev–Trinajstić information content (AvgIpc) is 2.45. The van der Waals surface area contributed by atoms with Gasteiger partial charge in [-0.05, 0) is 45.3 Å². The summed E-state index contributed by atoms with van der Waals surface area (Å²) in [6, 6.07) is 0. The van der Waals surface area contributed by atoms with E-state index in [0.717, 1.165) is 0 Å². The van der Waals surface area contributed by atoms with Crippen molar-refractivity contribution in [3.63, 3.8) is 0 Å². The summed E-state index contributed by atoms with van der Waals surface area (Å²) in [5.41, 5.74) is 0. The van der Waals surface area contributed by atoms with E-state index in [4.69, 9.17) is 9.66 Å². The van der Waals surface area contributed by atoms with Gasteiger partial charge in [0.15, 0.2) is 0 Å². The normalized spacial score (nSPS) is 12.9. The molecule has 0 fully saturated rings. The smallest absolute Gasteiger partial charge is 0.267 e. The molecule has 0 radical (unpaired) electrons. The fourth-order valence-corrected chi connectivity index (χ4v) is 2.56. The van der Waals surface area contributed by atoms with Crippen molar-refractivity contribution in [2.24, 2.45) is 0 Å². The Balaban J connectivity index is 0. The van der Waals surface area contributed by atoms with Crippen LogP contribution in [0.3, 0.4) is 0 Å². The fourth-order valence-electron chi connectivity index (χ4n) is 1.84. The Labute approximate surface area is 137 Å². The summed E-state index contributed by atoms with van der Waals surface area (Å²) in [6.45, 7) is 12.4. The third-order valence-electron chi connectivity index (χ3n) is 3.36. The number of aliphatic hydroxyl groups excluding tert-OH is 1. The summed E-state index contributed by atoms with van der Waals surface area (Å²) in [5.74, 6) is -0.566. The van der Waals surface area contributed by atoms with Gasteiger partial charge in [0.05, 0.1) is 6.10 Å². The Morgan fingerprint density at radius 1 is 0.864 bits per heavy atom. The number of rotatable bonds is 12. The highest BCUT2D eigenvalue weighted by Gasteiger charge is 2.10. The lowest BCUT2D eigenvalue weighted by Gasteiger charge is -2.21. The minimum atomic E-state index is -3.99. The summed E-state index contributed by atoms with van der Waals surface area (Å²) < 4.78 is 28.1. The highest BCUT2D eigenvalue weighted by molar-refractivity contribution is 7.85. The number of unbranched alkanes of at least 4 members (excludes halogenated alkanes) is 3. The minimum Gasteiger partial charge on any atom is -0.392 e. The van der Waals surface area contributed by atoms with Crippen molar-refractivity contribution in [1.82, 2.24) is 4.90 Å². The van der Waals surface area contributed by atoms with Crippen LogP contribution in [0.15, 0.2) is 0 Å². The molecule has 0 amide bonds. The van der Waals surface area contributed by atoms with Crippen LogP contribution in [0, 0.1) is 0 Å². The van der Waals surface area contributed by atoms with Crippen LogP contribution in [0.4, 0.5) is 0 Å². The molecule has 5 nitrogen and oxygen atoms in total. The monoisotopic (exact) mass is 339 g/mol. The van der Waals surface area contributed by atoms with E-state index in [1.54, 1.807) is 6.92 Å². The van der Waals surface area contributed by atoms with Crippen LogP contribution in [0.2, 0.25) is 0 Å². The SMILES string of the molecule is CCC(O)CS(=O)(=O)O.CCCCN(CCCC)CCCC. The van der Waals surface area contributed by atoms with Gasteiger partial charge in [0.1, 0.15) is 5.75 Å². The van der Waals surface area contributed by atoms with Crippen molar-refractivity contribution >= 4 is 10.1 Å². The maximum Gasteiger partial charge on any atom is 0.267 e. The molecule has 0 aromatic carbocycles. The molecular weight excluding hydrogens is 302 g/mol. The van der Waals surface area contributed by atoms with Crippen molar-refractivity contribution in [3.05, 3.63) is 0 Å². The largest absolute Gasteiger partial charge is 0.392 e. The van der Waals surface area contributed by atoms with Gasteiger partial charge >= 0.3 is 0 Å². The summed E-state index contributed by atoms with van der Waals surface area (Å²) in [5, 5.41) is 8.65. The molecule has 22 heavy (non-hydrogen) atoms. The first kappa shape index (κ1) is 24.1. The molecule has 0 bridgehead atoms. The van der Waals surface area contributed by atoms with Crippen LogP contribution >= 0.6 is 0 Å². The van der Waals surface area contributed by atoms with Gasteiger partial charge in [-0.1, -0.05) is 47.0 Å². The van der Waals surface area contributed by atoms with Crippen LogP contribution in [0.1, 0.15) is 72.6 Å². The second-order valence-corrected chi connectivity index (χ2v) is 7.21. The first-order chi connectivity index (χ1) is 10.3. The second-order valence-electron chi connectivity index (χ2n) is 5.71. The third-order valence-corrected chi connectivity index (χ3v) is 4.16. The van der Waals surface area contributed by atoms with E-state index in [1.165, 1.54) is 58.2 Å². The molecule has 6 heteroatoms. The number of aliphatic hydroxyl groups is 1. The lowest BCUT2D eigenvalue weighted by Crippen LogP contribution is -2.27. The molecule has 0 aliphatic carbocycles. The maximum absolute atomic E-state index is 10.00. The number of hydrogen-bond donors (Lipinski definition) is 2. The van der Waals surface area contributed by atoms with Gasteiger partial charge in [0.2, 0.25) is 0 Å². The van der Waals surface area contributed by atoms with Gasteiger partial charge in [0.25, 0.3) is 10.1 Å². The summed E-state index contributed by atoms with van der Waals surface area (Å²) in [4.78, 5) is 2.64. The van der Waals surface area contributed by atoms with E-state index in [1.807, 2.05) is 0 Å². The van der Waals surface area contributed by atoms with E-state index in [-0.39, 0.29) is 0 Å². The maximum atomic E-state index is 10.00. The van der Waals surface area contributed by atoms with Crippen molar-refractivity contribution in [3.8, 4) is 0 Å². The molecule has 136 valence electrons. The molecule has 0 spiro atoms. The summed E-state index contributed by atoms with van der Waals surface area (Å²) in [6.07, 6.45) is 7.48. The van der Waals surface area contributed by atoms with E-state index in [9.17, 15) is 8.42 Å². The van der Waals surface area contributed by atoms with E-state index in [2.05, 4.69) is 25.7 Å². The fraction of sp³-hybridized carbons (Fsp3) is 1.00. The van der Waals surface area contributed by atoms with Gasteiger partial charge in [0, 0.05) is 0 Å². The van der Waals surface area contributed by atoms with Gasteiger partial charge in [-0.25, -0.2) is 0 Å². The molecule has 0 heterocycles. The van der Waals surface area contributed by atoms with E-state index in [0.29, 0.717) is 6.42 Å². The molecule has 0 rings (SSSR count). The van der Waals surface area contributed by atoms with Crippen LogP contribution < -0.4 is 0 Å². The first-order valence-corrected chi connectivity index (χ1v) is 10.3. The quantitative estimate of drug-likeness (QED) is 0.533. The zero-order valence-electron chi connectivity index (χ0n) is 14.9. The second kappa shape index (κ2) is 15.7. The zero-order chi connectivity index (χ0) is 17.4. The molecule has 1 atom stereocenters. The van der Waals surface area contributed by atoms with Crippen molar-refractivity contribution < 1.29 is 18.1 Å². The van der Waals surface area contributed by atoms with Crippen molar-refractivity contribution in [1.29, 1.82) is 0 Å². The molecule has 0 saturated heterocycles. The third kappa shape index (κ3) is 19.8. The lowest BCUT2D eigenvalue weighted by atomic mass is 10.2. The predicted molar refractivity (Wildman–Crippen MR) is 93.9 cm³/mol. The standard InChI is InChI=1S/C12H27N.C4H10O4S/c1-4-7-10-13(11-8-5-2)12-9-6-3;1-2-4(5)3-9(6,7)8/h4-12H2,1-3H3;4-5H,2-3H2,1H3,(H,6,7,8).